The van der Waals surface area contributed by atoms with Crippen LogP contribution in [0.4, 0.5) is 5.82 Å². The fourth-order valence-corrected chi connectivity index (χ4v) is 3.39. The molecular formula is C17H19N5O. The highest BCUT2D eigenvalue weighted by atomic mass is 16.5. The molecule has 6 nitrogen and oxygen atoms in total. The van der Waals surface area contributed by atoms with Gasteiger partial charge in [0.05, 0.1) is 24.7 Å². The topological polar surface area (TPSA) is 56.1 Å². The van der Waals surface area contributed by atoms with Gasteiger partial charge in [-0.1, -0.05) is 12.1 Å². The Bertz CT molecular complexity index is 844. The summed E-state index contributed by atoms with van der Waals surface area (Å²) in [5.74, 6) is 1.86. The predicted molar refractivity (Wildman–Crippen MR) is 88.6 cm³/mol. The molecule has 1 saturated heterocycles. The first-order valence-corrected chi connectivity index (χ1v) is 7.81. The van der Waals surface area contributed by atoms with Crippen molar-refractivity contribution in [1.82, 2.24) is 19.7 Å². The van der Waals surface area contributed by atoms with Crippen molar-refractivity contribution in [3.05, 3.63) is 42.4 Å². The first-order chi connectivity index (χ1) is 11.3. The van der Waals surface area contributed by atoms with E-state index in [0.717, 1.165) is 42.0 Å². The van der Waals surface area contributed by atoms with Crippen LogP contribution in [0.3, 0.4) is 0 Å². The standard InChI is InChI=1S/C17H19N5O/c1-21-16-14(10-20-21)17(19-11-18-16)22-8-4-7-15(22)12-5-3-6-13(9-12)23-2/h3,5-6,9-11,15H,4,7-8H2,1-2H3. The number of anilines is 1. The molecule has 4 rings (SSSR count). The molecule has 118 valence electrons. The van der Waals surface area contributed by atoms with Gasteiger partial charge in [-0.05, 0) is 30.5 Å². The Morgan fingerprint density at radius 1 is 1.26 bits per heavy atom. The normalized spacial score (nSPS) is 17.8. The molecular weight excluding hydrogens is 290 g/mol. The molecule has 23 heavy (non-hydrogen) atoms. The summed E-state index contributed by atoms with van der Waals surface area (Å²) in [6.07, 6.45) is 5.73. The monoisotopic (exact) mass is 309 g/mol. The van der Waals surface area contributed by atoms with E-state index < -0.39 is 0 Å². The van der Waals surface area contributed by atoms with E-state index in [1.807, 2.05) is 25.4 Å². The SMILES string of the molecule is COc1cccc(C2CCCN2c2ncnc3c2cnn3C)c1. The highest BCUT2D eigenvalue weighted by Gasteiger charge is 2.29. The number of methoxy groups -OCH3 is 1. The number of hydrogen-bond donors (Lipinski definition) is 0. The van der Waals surface area contributed by atoms with E-state index in [2.05, 4.69) is 32.1 Å². The van der Waals surface area contributed by atoms with Gasteiger partial charge in [0.15, 0.2) is 5.65 Å². The molecule has 1 aliphatic rings. The Labute approximate surface area is 134 Å². The van der Waals surface area contributed by atoms with E-state index in [-0.39, 0.29) is 0 Å². The van der Waals surface area contributed by atoms with Gasteiger partial charge in [0.25, 0.3) is 0 Å². The lowest BCUT2D eigenvalue weighted by molar-refractivity contribution is 0.414. The number of benzene rings is 1. The van der Waals surface area contributed by atoms with Crippen LogP contribution in [0.5, 0.6) is 5.75 Å². The van der Waals surface area contributed by atoms with E-state index in [9.17, 15) is 0 Å². The van der Waals surface area contributed by atoms with Gasteiger partial charge in [0.1, 0.15) is 17.9 Å². The van der Waals surface area contributed by atoms with Crippen LogP contribution in [0.2, 0.25) is 0 Å². The summed E-state index contributed by atoms with van der Waals surface area (Å²) in [6, 6.07) is 8.61. The Kier molecular flexibility index (Phi) is 3.37. The van der Waals surface area contributed by atoms with Gasteiger partial charge < -0.3 is 9.64 Å². The number of nitrogens with zero attached hydrogens (tertiary/aromatic N) is 5. The van der Waals surface area contributed by atoms with E-state index in [1.54, 1.807) is 18.1 Å². The molecule has 1 atom stereocenters. The summed E-state index contributed by atoms with van der Waals surface area (Å²) >= 11 is 0. The molecule has 1 fully saturated rings. The van der Waals surface area contributed by atoms with Crippen LogP contribution in [0, 0.1) is 0 Å². The van der Waals surface area contributed by atoms with Crippen LogP contribution in [-0.4, -0.2) is 33.4 Å². The summed E-state index contributed by atoms with van der Waals surface area (Å²) in [7, 11) is 3.61. The Morgan fingerprint density at radius 2 is 2.17 bits per heavy atom. The third-order valence-electron chi connectivity index (χ3n) is 4.51. The van der Waals surface area contributed by atoms with Crippen molar-refractivity contribution in [2.24, 2.45) is 7.05 Å². The quantitative estimate of drug-likeness (QED) is 0.744. The number of aryl methyl sites for hydroxylation is 1. The first kappa shape index (κ1) is 14.0. The molecule has 0 N–H and O–H groups in total. The number of fused-ring (bicyclic) bond motifs is 1. The molecule has 0 bridgehead atoms. The third-order valence-corrected chi connectivity index (χ3v) is 4.51. The van der Waals surface area contributed by atoms with Crippen molar-refractivity contribution in [1.29, 1.82) is 0 Å². The van der Waals surface area contributed by atoms with Crippen LogP contribution < -0.4 is 9.64 Å². The molecule has 0 aliphatic carbocycles. The average molecular weight is 309 g/mol. The van der Waals surface area contributed by atoms with Crippen LogP contribution in [0.25, 0.3) is 11.0 Å². The second kappa shape index (κ2) is 5.53. The minimum atomic E-state index is 0.309. The summed E-state index contributed by atoms with van der Waals surface area (Å²) in [6.45, 7) is 0.989. The number of hydrogen-bond acceptors (Lipinski definition) is 5. The molecule has 3 heterocycles. The number of ether oxygens (including phenoxy) is 1. The summed E-state index contributed by atoms with van der Waals surface area (Å²) in [5, 5.41) is 5.32. The van der Waals surface area contributed by atoms with Gasteiger partial charge in [0, 0.05) is 13.6 Å². The Hall–Kier alpha value is -2.63. The predicted octanol–water partition coefficient (Wildman–Crippen LogP) is 2.71. The molecule has 1 aliphatic heterocycles. The minimum absolute atomic E-state index is 0.309. The second-order valence-corrected chi connectivity index (χ2v) is 5.83. The van der Waals surface area contributed by atoms with E-state index in [1.165, 1.54) is 5.56 Å². The van der Waals surface area contributed by atoms with Crippen LogP contribution in [-0.2, 0) is 7.05 Å². The fraction of sp³-hybridized carbons (Fsp3) is 0.353. The maximum absolute atomic E-state index is 5.37. The van der Waals surface area contributed by atoms with Gasteiger partial charge >= 0.3 is 0 Å². The zero-order chi connectivity index (χ0) is 15.8. The maximum atomic E-state index is 5.37. The van der Waals surface area contributed by atoms with Crippen molar-refractivity contribution in [2.45, 2.75) is 18.9 Å². The van der Waals surface area contributed by atoms with Gasteiger partial charge in [-0.3, -0.25) is 4.68 Å². The lowest BCUT2D eigenvalue weighted by Gasteiger charge is -2.26. The van der Waals surface area contributed by atoms with Crippen molar-refractivity contribution in [2.75, 3.05) is 18.6 Å². The Morgan fingerprint density at radius 3 is 3.04 bits per heavy atom. The van der Waals surface area contributed by atoms with Crippen molar-refractivity contribution in [3.63, 3.8) is 0 Å². The van der Waals surface area contributed by atoms with Crippen LogP contribution in [0.15, 0.2) is 36.8 Å². The van der Waals surface area contributed by atoms with Crippen molar-refractivity contribution in [3.8, 4) is 5.75 Å². The van der Waals surface area contributed by atoms with Gasteiger partial charge in [-0.15, -0.1) is 0 Å². The largest absolute Gasteiger partial charge is 0.497 e. The molecule has 0 radical (unpaired) electrons. The highest BCUT2D eigenvalue weighted by Crippen LogP contribution is 2.38. The van der Waals surface area contributed by atoms with E-state index >= 15 is 0 Å². The lowest BCUT2D eigenvalue weighted by atomic mass is 10.0. The van der Waals surface area contributed by atoms with Gasteiger partial charge in [-0.25, -0.2) is 9.97 Å². The van der Waals surface area contributed by atoms with Crippen molar-refractivity contribution < 1.29 is 4.74 Å². The molecule has 1 unspecified atom stereocenters. The van der Waals surface area contributed by atoms with E-state index in [4.69, 9.17) is 4.74 Å². The van der Waals surface area contributed by atoms with Gasteiger partial charge in [0.2, 0.25) is 0 Å². The highest BCUT2D eigenvalue weighted by molar-refractivity contribution is 5.87. The number of aromatic nitrogens is 4. The Balaban J connectivity index is 1.77. The summed E-state index contributed by atoms with van der Waals surface area (Å²) in [4.78, 5) is 11.3. The first-order valence-electron chi connectivity index (χ1n) is 7.81. The molecule has 6 heteroatoms. The molecule has 0 saturated carbocycles. The molecule has 0 spiro atoms. The smallest absolute Gasteiger partial charge is 0.163 e. The molecule has 3 aromatic rings. The molecule has 2 aromatic heterocycles. The second-order valence-electron chi connectivity index (χ2n) is 5.83. The summed E-state index contributed by atoms with van der Waals surface area (Å²) < 4.78 is 7.16. The van der Waals surface area contributed by atoms with Crippen molar-refractivity contribution >= 4 is 16.9 Å². The lowest BCUT2D eigenvalue weighted by Crippen LogP contribution is -2.23. The zero-order valence-corrected chi connectivity index (χ0v) is 13.3. The van der Waals surface area contributed by atoms with Crippen LogP contribution in [0.1, 0.15) is 24.4 Å². The third kappa shape index (κ3) is 2.30. The fourth-order valence-electron chi connectivity index (χ4n) is 3.39. The average Bonchev–Trinajstić information content (AvgIpc) is 3.22. The van der Waals surface area contributed by atoms with Gasteiger partial charge in [-0.2, -0.15) is 5.10 Å². The zero-order valence-electron chi connectivity index (χ0n) is 13.3. The summed E-state index contributed by atoms with van der Waals surface area (Å²) in [5.41, 5.74) is 2.13. The van der Waals surface area contributed by atoms with Crippen LogP contribution >= 0.6 is 0 Å². The van der Waals surface area contributed by atoms with E-state index in [0.29, 0.717) is 6.04 Å². The number of rotatable bonds is 3. The minimum Gasteiger partial charge on any atom is -0.497 e. The molecule has 1 aromatic carbocycles. The maximum Gasteiger partial charge on any atom is 0.163 e. The molecule has 0 amide bonds.